The van der Waals surface area contributed by atoms with Crippen LogP contribution in [-0.2, 0) is 4.79 Å². The number of hydrogen-bond donors (Lipinski definition) is 1. The third kappa shape index (κ3) is 3.97. The van der Waals surface area contributed by atoms with Gasteiger partial charge in [-0.3, -0.25) is 4.79 Å². The van der Waals surface area contributed by atoms with Crippen LogP contribution in [0.15, 0.2) is 28.7 Å². The smallest absolute Gasteiger partial charge is 0.220 e. The molecule has 0 saturated heterocycles. The summed E-state index contributed by atoms with van der Waals surface area (Å²) in [5.74, 6) is 0.136. The summed E-state index contributed by atoms with van der Waals surface area (Å²) in [5, 5.41) is 3.05. The first-order valence-electron chi connectivity index (χ1n) is 5.72. The molecule has 1 aromatic carbocycles. The van der Waals surface area contributed by atoms with Crippen LogP contribution in [-0.4, -0.2) is 5.91 Å². The molecule has 1 unspecified atom stereocenters. The van der Waals surface area contributed by atoms with Gasteiger partial charge in [-0.2, -0.15) is 0 Å². The molecule has 1 atom stereocenters. The standard InChI is InChI=1S/C13H18BrNO/c1-3-5-13(16)15-12(4-2)10-6-8-11(14)9-7-10/h6-9,12H,3-5H2,1-2H3,(H,15,16). The molecule has 0 aliphatic carbocycles. The number of carbonyl (C=O) groups excluding carboxylic acids is 1. The van der Waals surface area contributed by atoms with Crippen LogP contribution in [0.2, 0.25) is 0 Å². The van der Waals surface area contributed by atoms with Gasteiger partial charge in [-0.25, -0.2) is 0 Å². The quantitative estimate of drug-likeness (QED) is 0.875. The van der Waals surface area contributed by atoms with E-state index in [9.17, 15) is 4.79 Å². The maximum atomic E-state index is 11.5. The lowest BCUT2D eigenvalue weighted by Crippen LogP contribution is -2.27. The molecule has 0 fully saturated rings. The highest BCUT2D eigenvalue weighted by molar-refractivity contribution is 9.10. The second kappa shape index (κ2) is 6.69. The lowest BCUT2D eigenvalue weighted by molar-refractivity contribution is -0.121. The lowest BCUT2D eigenvalue weighted by atomic mass is 10.0. The summed E-state index contributed by atoms with van der Waals surface area (Å²) >= 11 is 3.40. The van der Waals surface area contributed by atoms with Gasteiger partial charge in [0.15, 0.2) is 0 Å². The lowest BCUT2D eigenvalue weighted by Gasteiger charge is -2.17. The second-order valence-electron chi connectivity index (χ2n) is 3.83. The Bertz CT molecular complexity index is 334. The Labute approximate surface area is 106 Å². The van der Waals surface area contributed by atoms with Crippen LogP contribution < -0.4 is 5.32 Å². The van der Waals surface area contributed by atoms with Crippen LogP contribution in [0.3, 0.4) is 0 Å². The Morgan fingerprint density at radius 1 is 1.31 bits per heavy atom. The van der Waals surface area contributed by atoms with Crippen LogP contribution in [0, 0.1) is 0 Å². The minimum absolute atomic E-state index is 0.132. The van der Waals surface area contributed by atoms with Crippen molar-refractivity contribution in [1.29, 1.82) is 0 Å². The summed E-state index contributed by atoms with van der Waals surface area (Å²) in [6.07, 6.45) is 2.41. The molecule has 1 rings (SSSR count). The van der Waals surface area contributed by atoms with Crippen LogP contribution in [0.25, 0.3) is 0 Å². The first-order chi connectivity index (χ1) is 7.67. The van der Waals surface area contributed by atoms with E-state index in [1.165, 1.54) is 0 Å². The van der Waals surface area contributed by atoms with Crippen molar-refractivity contribution in [2.75, 3.05) is 0 Å². The van der Waals surface area contributed by atoms with Gasteiger partial charge in [-0.05, 0) is 30.5 Å². The van der Waals surface area contributed by atoms with Crippen molar-refractivity contribution in [3.8, 4) is 0 Å². The van der Waals surface area contributed by atoms with E-state index >= 15 is 0 Å². The van der Waals surface area contributed by atoms with Crippen LogP contribution in [0.1, 0.15) is 44.7 Å². The zero-order chi connectivity index (χ0) is 12.0. The van der Waals surface area contributed by atoms with Gasteiger partial charge in [0.1, 0.15) is 0 Å². The van der Waals surface area contributed by atoms with Crippen molar-refractivity contribution in [2.45, 2.75) is 39.2 Å². The number of nitrogens with one attached hydrogen (secondary N) is 1. The molecular formula is C13H18BrNO. The maximum Gasteiger partial charge on any atom is 0.220 e. The van der Waals surface area contributed by atoms with Gasteiger partial charge in [0.05, 0.1) is 6.04 Å². The van der Waals surface area contributed by atoms with Gasteiger partial charge in [0, 0.05) is 10.9 Å². The fraction of sp³-hybridized carbons (Fsp3) is 0.462. The van der Waals surface area contributed by atoms with Gasteiger partial charge < -0.3 is 5.32 Å². The third-order valence-electron chi connectivity index (χ3n) is 2.49. The molecule has 1 amide bonds. The molecule has 0 radical (unpaired) electrons. The highest BCUT2D eigenvalue weighted by Gasteiger charge is 2.11. The summed E-state index contributed by atoms with van der Waals surface area (Å²) in [7, 11) is 0. The summed E-state index contributed by atoms with van der Waals surface area (Å²) in [6.45, 7) is 4.10. The van der Waals surface area contributed by atoms with Gasteiger partial charge in [-0.1, -0.05) is 41.9 Å². The molecule has 0 aliphatic rings. The Hall–Kier alpha value is -0.830. The van der Waals surface area contributed by atoms with Crippen molar-refractivity contribution < 1.29 is 4.79 Å². The maximum absolute atomic E-state index is 11.5. The summed E-state index contributed by atoms with van der Waals surface area (Å²) < 4.78 is 1.06. The molecule has 3 heteroatoms. The Kier molecular flexibility index (Phi) is 5.53. The molecule has 88 valence electrons. The predicted octanol–water partition coefficient (Wildman–Crippen LogP) is 3.82. The average Bonchev–Trinajstić information content (AvgIpc) is 2.27. The van der Waals surface area contributed by atoms with Crippen LogP contribution in [0.4, 0.5) is 0 Å². The van der Waals surface area contributed by atoms with Gasteiger partial charge >= 0.3 is 0 Å². The van der Waals surface area contributed by atoms with E-state index in [2.05, 4.69) is 28.2 Å². The number of carbonyl (C=O) groups is 1. The Balaban J connectivity index is 2.67. The van der Waals surface area contributed by atoms with Crippen molar-refractivity contribution in [3.05, 3.63) is 34.3 Å². The SMILES string of the molecule is CCCC(=O)NC(CC)c1ccc(Br)cc1. The molecule has 2 nitrogen and oxygen atoms in total. The van der Waals surface area contributed by atoms with E-state index in [1.54, 1.807) is 0 Å². The monoisotopic (exact) mass is 283 g/mol. The minimum atomic E-state index is 0.132. The third-order valence-corrected chi connectivity index (χ3v) is 3.02. The van der Waals surface area contributed by atoms with E-state index in [0.717, 1.165) is 22.9 Å². The number of rotatable bonds is 5. The van der Waals surface area contributed by atoms with Crippen molar-refractivity contribution in [3.63, 3.8) is 0 Å². The molecule has 0 bridgehead atoms. The Morgan fingerprint density at radius 3 is 2.44 bits per heavy atom. The molecule has 0 aliphatic heterocycles. The first kappa shape index (κ1) is 13.2. The van der Waals surface area contributed by atoms with Crippen molar-refractivity contribution >= 4 is 21.8 Å². The van der Waals surface area contributed by atoms with Crippen molar-refractivity contribution in [2.24, 2.45) is 0 Å². The molecule has 1 aromatic rings. The number of benzene rings is 1. The Morgan fingerprint density at radius 2 is 1.94 bits per heavy atom. The fourth-order valence-electron chi connectivity index (χ4n) is 1.61. The van der Waals surface area contributed by atoms with Gasteiger partial charge in [0.25, 0.3) is 0 Å². The molecule has 0 spiro atoms. The van der Waals surface area contributed by atoms with Crippen LogP contribution >= 0.6 is 15.9 Å². The zero-order valence-corrected chi connectivity index (χ0v) is 11.4. The van der Waals surface area contributed by atoms with Gasteiger partial charge in [0.2, 0.25) is 5.91 Å². The number of amides is 1. The topological polar surface area (TPSA) is 29.1 Å². The predicted molar refractivity (Wildman–Crippen MR) is 70.2 cm³/mol. The zero-order valence-electron chi connectivity index (χ0n) is 9.79. The molecule has 1 N–H and O–H groups in total. The number of halogens is 1. The second-order valence-corrected chi connectivity index (χ2v) is 4.75. The molecule has 0 heterocycles. The minimum Gasteiger partial charge on any atom is -0.349 e. The summed E-state index contributed by atoms with van der Waals surface area (Å²) in [6, 6.07) is 8.23. The summed E-state index contributed by atoms with van der Waals surface area (Å²) in [4.78, 5) is 11.5. The first-order valence-corrected chi connectivity index (χ1v) is 6.51. The largest absolute Gasteiger partial charge is 0.349 e. The molecular weight excluding hydrogens is 266 g/mol. The van der Waals surface area contributed by atoms with Crippen LogP contribution in [0.5, 0.6) is 0 Å². The van der Waals surface area contributed by atoms with E-state index < -0.39 is 0 Å². The molecule has 0 saturated carbocycles. The number of hydrogen-bond acceptors (Lipinski definition) is 1. The van der Waals surface area contributed by atoms with Gasteiger partial charge in [-0.15, -0.1) is 0 Å². The van der Waals surface area contributed by atoms with E-state index in [1.807, 2.05) is 31.2 Å². The molecule has 16 heavy (non-hydrogen) atoms. The molecule has 0 aromatic heterocycles. The average molecular weight is 284 g/mol. The van der Waals surface area contributed by atoms with E-state index in [-0.39, 0.29) is 11.9 Å². The summed E-state index contributed by atoms with van der Waals surface area (Å²) in [5.41, 5.74) is 1.16. The normalized spacial score (nSPS) is 12.2. The van der Waals surface area contributed by atoms with E-state index in [0.29, 0.717) is 6.42 Å². The highest BCUT2D eigenvalue weighted by atomic mass is 79.9. The highest BCUT2D eigenvalue weighted by Crippen LogP contribution is 2.19. The van der Waals surface area contributed by atoms with E-state index in [4.69, 9.17) is 0 Å². The fourth-order valence-corrected chi connectivity index (χ4v) is 1.87. The van der Waals surface area contributed by atoms with Crippen molar-refractivity contribution in [1.82, 2.24) is 5.32 Å².